The normalized spacial score (nSPS) is 9.74. The molecule has 1 aromatic rings. The number of ketones is 1. The summed E-state index contributed by atoms with van der Waals surface area (Å²) in [4.78, 5) is 22.4. The van der Waals surface area contributed by atoms with Crippen molar-refractivity contribution in [2.24, 2.45) is 0 Å². The molecule has 4 heteroatoms. The molecule has 0 spiro atoms. The maximum absolute atomic E-state index is 11.3. The monoisotopic (exact) mass is 261 g/mol. The van der Waals surface area contributed by atoms with E-state index in [1.165, 1.54) is 6.92 Å². The van der Waals surface area contributed by atoms with Crippen LogP contribution in [0.5, 0.6) is 5.75 Å². The minimum atomic E-state index is -0.00423. The van der Waals surface area contributed by atoms with Crippen molar-refractivity contribution in [2.75, 3.05) is 13.2 Å². The van der Waals surface area contributed by atoms with E-state index in [0.717, 1.165) is 0 Å². The average molecular weight is 261 g/mol. The quantitative estimate of drug-likeness (QED) is 0.444. The minimum Gasteiger partial charge on any atom is -0.494 e. The highest BCUT2D eigenvalue weighted by molar-refractivity contribution is 5.94. The van der Waals surface area contributed by atoms with E-state index >= 15 is 0 Å². The number of nitrogens with one attached hydrogen (secondary N) is 1. The molecule has 0 bridgehead atoms. The smallest absolute Gasteiger partial charge is 0.220 e. The van der Waals surface area contributed by atoms with Crippen molar-refractivity contribution >= 4 is 11.7 Å². The van der Waals surface area contributed by atoms with Gasteiger partial charge >= 0.3 is 0 Å². The van der Waals surface area contributed by atoms with Crippen LogP contribution in [-0.2, 0) is 4.79 Å². The molecule has 1 rings (SSSR count). The van der Waals surface area contributed by atoms with Crippen molar-refractivity contribution in [3.8, 4) is 5.75 Å². The lowest BCUT2D eigenvalue weighted by molar-refractivity contribution is -0.121. The predicted molar refractivity (Wildman–Crippen MR) is 74.4 cm³/mol. The Morgan fingerprint density at radius 2 is 2.00 bits per heavy atom. The SMILES string of the molecule is C=CCNC(=O)CCCOc1ccc(C(C)=O)cc1. The van der Waals surface area contributed by atoms with Gasteiger partial charge in [-0.1, -0.05) is 6.08 Å². The Hall–Kier alpha value is -2.10. The number of hydrogen-bond acceptors (Lipinski definition) is 3. The lowest BCUT2D eigenvalue weighted by Crippen LogP contribution is -2.23. The number of carbonyl (C=O) groups is 2. The molecule has 19 heavy (non-hydrogen) atoms. The molecule has 0 aromatic heterocycles. The van der Waals surface area contributed by atoms with Crippen molar-refractivity contribution in [2.45, 2.75) is 19.8 Å². The van der Waals surface area contributed by atoms with E-state index in [-0.39, 0.29) is 11.7 Å². The first-order valence-electron chi connectivity index (χ1n) is 6.25. The summed E-state index contributed by atoms with van der Waals surface area (Å²) in [5, 5.41) is 2.70. The molecule has 0 heterocycles. The van der Waals surface area contributed by atoms with Crippen LogP contribution in [0.15, 0.2) is 36.9 Å². The number of Topliss-reactive ketones (excluding diaryl/α,β-unsaturated/α-hetero) is 1. The van der Waals surface area contributed by atoms with Gasteiger partial charge in [0.15, 0.2) is 5.78 Å². The predicted octanol–water partition coefficient (Wildman–Crippen LogP) is 2.35. The molecule has 0 fully saturated rings. The maximum Gasteiger partial charge on any atom is 0.220 e. The Labute approximate surface area is 113 Å². The molecular weight excluding hydrogens is 242 g/mol. The van der Waals surface area contributed by atoms with Crippen molar-refractivity contribution in [1.29, 1.82) is 0 Å². The van der Waals surface area contributed by atoms with E-state index in [1.807, 2.05) is 0 Å². The van der Waals surface area contributed by atoms with E-state index < -0.39 is 0 Å². The van der Waals surface area contributed by atoms with Crippen LogP contribution < -0.4 is 10.1 Å². The molecule has 1 aromatic carbocycles. The molecule has 102 valence electrons. The van der Waals surface area contributed by atoms with Gasteiger partial charge in [0, 0.05) is 18.5 Å². The van der Waals surface area contributed by atoms with E-state index in [9.17, 15) is 9.59 Å². The van der Waals surface area contributed by atoms with Crippen molar-refractivity contribution < 1.29 is 14.3 Å². The highest BCUT2D eigenvalue weighted by atomic mass is 16.5. The molecule has 0 saturated heterocycles. The van der Waals surface area contributed by atoms with Crippen LogP contribution >= 0.6 is 0 Å². The van der Waals surface area contributed by atoms with Crippen LogP contribution in [0.1, 0.15) is 30.1 Å². The summed E-state index contributed by atoms with van der Waals surface area (Å²) in [5.74, 6) is 0.734. The first-order chi connectivity index (χ1) is 9.13. The molecule has 0 radical (unpaired) electrons. The van der Waals surface area contributed by atoms with Gasteiger partial charge in [0.05, 0.1) is 6.61 Å². The van der Waals surface area contributed by atoms with Gasteiger partial charge in [-0.2, -0.15) is 0 Å². The number of rotatable bonds is 8. The van der Waals surface area contributed by atoms with Gasteiger partial charge < -0.3 is 10.1 Å². The average Bonchev–Trinajstić information content (AvgIpc) is 2.41. The number of benzene rings is 1. The van der Waals surface area contributed by atoms with Gasteiger partial charge in [-0.3, -0.25) is 9.59 Å². The van der Waals surface area contributed by atoms with Crippen molar-refractivity contribution in [1.82, 2.24) is 5.32 Å². The fraction of sp³-hybridized carbons (Fsp3) is 0.333. The third-order valence-corrected chi connectivity index (χ3v) is 2.52. The van der Waals surface area contributed by atoms with E-state index in [4.69, 9.17) is 4.74 Å². The first-order valence-corrected chi connectivity index (χ1v) is 6.25. The molecular formula is C15H19NO3. The summed E-state index contributed by atoms with van der Waals surface area (Å²) in [6.07, 6.45) is 2.72. The van der Waals surface area contributed by atoms with E-state index in [2.05, 4.69) is 11.9 Å². The highest BCUT2D eigenvalue weighted by Crippen LogP contribution is 2.12. The number of carbonyl (C=O) groups excluding carboxylic acids is 2. The summed E-state index contributed by atoms with van der Waals surface area (Å²) in [5.41, 5.74) is 0.663. The maximum atomic E-state index is 11.3. The third kappa shape index (κ3) is 5.86. The van der Waals surface area contributed by atoms with Crippen LogP contribution in [0.4, 0.5) is 0 Å². The summed E-state index contributed by atoms with van der Waals surface area (Å²) >= 11 is 0. The van der Waals surface area contributed by atoms with Gasteiger partial charge in [-0.25, -0.2) is 0 Å². The Bertz CT molecular complexity index is 437. The van der Waals surface area contributed by atoms with Crippen molar-refractivity contribution in [3.05, 3.63) is 42.5 Å². The highest BCUT2D eigenvalue weighted by Gasteiger charge is 2.01. The van der Waals surface area contributed by atoms with Crippen LogP contribution in [0.2, 0.25) is 0 Å². The lowest BCUT2D eigenvalue weighted by Gasteiger charge is -2.06. The molecule has 0 unspecified atom stereocenters. The summed E-state index contributed by atoms with van der Waals surface area (Å²) in [7, 11) is 0. The Morgan fingerprint density at radius 1 is 1.32 bits per heavy atom. The number of hydrogen-bond donors (Lipinski definition) is 1. The summed E-state index contributed by atoms with van der Waals surface area (Å²) in [6.45, 7) is 6.02. The van der Waals surface area contributed by atoms with Gasteiger partial charge in [0.25, 0.3) is 0 Å². The minimum absolute atomic E-state index is 0.00423. The fourth-order valence-electron chi connectivity index (χ4n) is 1.48. The Morgan fingerprint density at radius 3 is 2.58 bits per heavy atom. The molecule has 0 aliphatic carbocycles. The zero-order valence-corrected chi connectivity index (χ0v) is 11.1. The second kappa shape index (κ2) is 8.08. The van der Waals surface area contributed by atoms with Gasteiger partial charge in [0.2, 0.25) is 5.91 Å². The molecule has 1 amide bonds. The largest absolute Gasteiger partial charge is 0.494 e. The molecule has 0 saturated carbocycles. The second-order valence-corrected chi connectivity index (χ2v) is 4.13. The lowest BCUT2D eigenvalue weighted by atomic mass is 10.1. The fourth-order valence-corrected chi connectivity index (χ4v) is 1.48. The van der Waals surface area contributed by atoms with Crippen molar-refractivity contribution in [3.63, 3.8) is 0 Å². The van der Waals surface area contributed by atoms with Gasteiger partial charge in [0.1, 0.15) is 5.75 Å². The van der Waals surface area contributed by atoms with Gasteiger partial charge in [-0.05, 0) is 37.6 Å². The van der Waals surface area contributed by atoms with E-state index in [0.29, 0.717) is 37.3 Å². The standard InChI is InChI=1S/C15H19NO3/c1-3-10-16-15(18)5-4-11-19-14-8-6-13(7-9-14)12(2)17/h3,6-9H,1,4-5,10-11H2,2H3,(H,16,18). The zero-order chi connectivity index (χ0) is 14.1. The molecule has 4 nitrogen and oxygen atoms in total. The molecule has 1 N–H and O–H groups in total. The first kappa shape index (κ1) is 15.0. The molecule has 0 aliphatic heterocycles. The molecule has 0 atom stereocenters. The van der Waals surface area contributed by atoms with Crippen LogP contribution in [0.25, 0.3) is 0 Å². The Balaban J connectivity index is 2.24. The zero-order valence-electron chi connectivity index (χ0n) is 11.1. The van der Waals surface area contributed by atoms with Gasteiger partial charge in [-0.15, -0.1) is 6.58 Å². The van der Waals surface area contributed by atoms with Crippen LogP contribution in [0, 0.1) is 0 Å². The molecule has 0 aliphatic rings. The Kier molecular flexibility index (Phi) is 6.36. The summed E-state index contributed by atoms with van der Waals surface area (Å²) < 4.78 is 5.48. The summed E-state index contributed by atoms with van der Waals surface area (Å²) in [6, 6.07) is 6.98. The van der Waals surface area contributed by atoms with Crippen LogP contribution in [-0.4, -0.2) is 24.8 Å². The van der Waals surface area contributed by atoms with E-state index in [1.54, 1.807) is 30.3 Å². The number of ether oxygens (including phenoxy) is 1. The number of amides is 1. The topological polar surface area (TPSA) is 55.4 Å². The third-order valence-electron chi connectivity index (χ3n) is 2.52. The second-order valence-electron chi connectivity index (χ2n) is 4.13. The van der Waals surface area contributed by atoms with Crippen LogP contribution in [0.3, 0.4) is 0 Å².